The van der Waals surface area contributed by atoms with E-state index in [0.717, 1.165) is 5.56 Å². The largest absolute Gasteiger partial charge is 0.508 e. The number of carbonyl (C=O) groups excluding carboxylic acids is 1. The molecule has 0 aliphatic rings. The number of carbonyl (C=O) groups is 1. The fourth-order valence-corrected chi connectivity index (χ4v) is 1.20. The van der Waals surface area contributed by atoms with E-state index in [0.29, 0.717) is 6.54 Å². The summed E-state index contributed by atoms with van der Waals surface area (Å²) in [7, 11) is 3.21. The molecule has 1 rings (SSSR count). The van der Waals surface area contributed by atoms with Crippen LogP contribution >= 0.6 is 0 Å². The number of hydrogen-bond donors (Lipinski definition) is 1. The zero-order valence-corrected chi connectivity index (χ0v) is 8.93. The van der Waals surface area contributed by atoms with Gasteiger partial charge in [-0.15, -0.1) is 0 Å². The van der Waals surface area contributed by atoms with Crippen molar-refractivity contribution in [1.82, 2.24) is 4.90 Å². The molecule has 0 atom stereocenters. The van der Waals surface area contributed by atoms with E-state index < -0.39 is 0 Å². The van der Waals surface area contributed by atoms with E-state index in [4.69, 9.17) is 9.84 Å². The van der Waals surface area contributed by atoms with Crippen molar-refractivity contribution in [3.8, 4) is 5.75 Å². The van der Waals surface area contributed by atoms with Crippen LogP contribution in [-0.2, 0) is 16.1 Å². The van der Waals surface area contributed by atoms with Gasteiger partial charge in [0.25, 0.3) is 0 Å². The number of ether oxygens (including phenoxy) is 1. The van der Waals surface area contributed by atoms with Crippen LogP contribution in [0.1, 0.15) is 5.56 Å². The number of phenolic OH excluding ortho intramolecular Hbond substituents is 1. The summed E-state index contributed by atoms with van der Waals surface area (Å²) in [5.74, 6) is 0.162. The molecule has 4 nitrogen and oxygen atoms in total. The lowest BCUT2D eigenvalue weighted by Crippen LogP contribution is -2.29. The van der Waals surface area contributed by atoms with Gasteiger partial charge in [-0.05, 0) is 17.7 Å². The summed E-state index contributed by atoms with van der Waals surface area (Å²) < 4.78 is 4.75. The Bertz CT molecular complexity index is 321. The van der Waals surface area contributed by atoms with E-state index in [-0.39, 0.29) is 18.3 Å². The molecule has 4 heteroatoms. The SMILES string of the molecule is COCC(=O)N(C)Cc1ccc(O)cc1. The zero-order valence-electron chi connectivity index (χ0n) is 8.93. The van der Waals surface area contributed by atoms with Crippen LogP contribution in [0.4, 0.5) is 0 Å². The van der Waals surface area contributed by atoms with Crippen LogP contribution in [0.5, 0.6) is 5.75 Å². The maximum Gasteiger partial charge on any atom is 0.248 e. The van der Waals surface area contributed by atoms with Crippen molar-refractivity contribution in [3.05, 3.63) is 29.8 Å². The van der Waals surface area contributed by atoms with E-state index in [1.165, 1.54) is 7.11 Å². The second-order valence-electron chi connectivity index (χ2n) is 3.35. The highest BCUT2D eigenvalue weighted by atomic mass is 16.5. The van der Waals surface area contributed by atoms with E-state index in [2.05, 4.69) is 0 Å². The van der Waals surface area contributed by atoms with Gasteiger partial charge in [-0.25, -0.2) is 0 Å². The molecule has 1 amide bonds. The lowest BCUT2D eigenvalue weighted by molar-refractivity contribution is -0.134. The van der Waals surface area contributed by atoms with Crippen molar-refractivity contribution in [1.29, 1.82) is 0 Å². The first-order chi connectivity index (χ1) is 7.13. The topological polar surface area (TPSA) is 49.8 Å². The third kappa shape index (κ3) is 3.59. The Kier molecular flexibility index (Phi) is 4.12. The Hall–Kier alpha value is -1.55. The average Bonchev–Trinajstić information content (AvgIpc) is 2.22. The second kappa shape index (κ2) is 5.36. The molecule has 0 aromatic heterocycles. The van der Waals surface area contributed by atoms with Crippen molar-refractivity contribution in [2.75, 3.05) is 20.8 Å². The van der Waals surface area contributed by atoms with Crippen molar-refractivity contribution >= 4 is 5.91 Å². The summed E-state index contributed by atoms with van der Waals surface area (Å²) >= 11 is 0. The first-order valence-electron chi connectivity index (χ1n) is 4.64. The molecule has 0 spiro atoms. The summed E-state index contributed by atoms with van der Waals surface area (Å²) in [6.45, 7) is 0.608. The van der Waals surface area contributed by atoms with Gasteiger partial charge < -0.3 is 14.7 Å². The third-order valence-corrected chi connectivity index (χ3v) is 2.05. The first-order valence-corrected chi connectivity index (χ1v) is 4.64. The van der Waals surface area contributed by atoms with Crippen LogP contribution in [0.3, 0.4) is 0 Å². The first kappa shape index (κ1) is 11.5. The van der Waals surface area contributed by atoms with Crippen LogP contribution in [0.2, 0.25) is 0 Å². The number of nitrogens with zero attached hydrogens (tertiary/aromatic N) is 1. The highest BCUT2D eigenvalue weighted by molar-refractivity contribution is 5.77. The zero-order chi connectivity index (χ0) is 11.3. The molecule has 0 aliphatic carbocycles. The number of aromatic hydroxyl groups is 1. The summed E-state index contributed by atoms with van der Waals surface area (Å²) in [5, 5.41) is 9.08. The number of amides is 1. The van der Waals surface area contributed by atoms with Gasteiger partial charge in [0.1, 0.15) is 12.4 Å². The maximum atomic E-state index is 11.4. The van der Waals surface area contributed by atoms with Gasteiger partial charge in [0, 0.05) is 20.7 Å². The summed E-state index contributed by atoms with van der Waals surface area (Å²) in [6.07, 6.45) is 0. The normalized spacial score (nSPS) is 10.0. The fraction of sp³-hybridized carbons (Fsp3) is 0.364. The monoisotopic (exact) mass is 209 g/mol. The predicted molar refractivity (Wildman–Crippen MR) is 56.5 cm³/mol. The Morgan fingerprint density at radius 1 is 1.40 bits per heavy atom. The molecule has 0 radical (unpaired) electrons. The lowest BCUT2D eigenvalue weighted by Gasteiger charge is -2.16. The molecule has 1 aromatic rings. The van der Waals surface area contributed by atoms with Crippen molar-refractivity contribution in [3.63, 3.8) is 0 Å². The minimum atomic E-state index is -0.0643. The number of rotatable bonds is 4. The minimum absolute atomic E-state index is 0.0643. The number of hydrogen-bond acceptors (Lipinski definition) is 3. The highest BCUT2D eigenvalue weighted by Crippen LogP contribution is 2.10. The van der Waals surface area contributed by atoms with Crippen molar-refractivity contribution < 1.29 is 14.6 Å². The Morgan fingerprint density at radius 3 is 2.53 bits per heavy atom. The van der Waals surface area contributed by atoms with Gasteiger partial charge >= 0.3 is 0 Å². The van der Waals surface area contributed by atoms with Gasteiger partial charge in [0.15, 0.2) is 0 Å². The van der Waals surface area contributed by atoms with Crippen LogP contribution in [0, 0.1) is 0 Å². The number of likely N-dealkylation sites (N-methyl/N-ethyl adjacent to an activating group) is 1. The summed E-state index contributed by atoms with van der Waals surface area (Å²) in [5.41, 5.74) is 0.972. The number of benzene rings is 1. The number of methoxy groups -OCH3 is 1. The van der Waals surface area contributed by atoms with E-state index in [1.54, 1.807) is 36.2 Å². The van der Waals surface area contributed by atoms with Gasteiger partial charge in [0.05, 0.1) is 0 Å². The minimum Gasteiger partial charge on any atom is -0.508 e. The summed E-state index contributed by atoms with van der Waals surface area (Å²) in [4.78, 5) is 12.9. The lowest BCUT2D eigenvalue weighted by atomic mass is 10.2. The van der Waals surface area contributed by atoms with Crippen LogP contribution in [0.25, 0.3) is 0 Å². The molecule has 15 heavy (non-hydrogen) atoms. The molecule has 0 saturated heterocycles. The third-order valence-electron chi connectivity index (χ3n) is 2.05. The van der Waals surface area contributed by atoms with Gasteiger partial charge in [-0.2, -0.15) is 0 Å². The quantitative estimate of drug-likeness (QED) is 0.804. The standard InChI is InChI=1S/C11H15NO3/c1-12(11(14)8-15-2)7-9-3-5-10(13)6-4-9/h3-6,13H,7-8H2,1-2H3. The molecule has 82 valence electrons. The van der Waals surface area contributed by atoms with E-state index in [9.17, 15) is 4.79 Å². The van der Waals surface area contributed by atoms with Crippen LogP contribution in [-0.4, -0.2) is 36.7 Å². The molecule has 0 heterocycles. The number of phenols is 1. The van der Waals surface area contributed by atoms with Gasteiger partial charge in [-0.3, -0.25) is 4.79 Å². The molecular formula is C11H15NO3. The molecule has 0 unspecified atom stereocenters. The average molecular weight is 209 g/mol. The highest BCUT2D eigenvalue weighted by Gasteiger charge is 2.08. The van der Waals surface area contributed by atoms with Crippen molar-refractivity contribution in [2.45, 2.75) is 6.54 Å². The molecule has 0 aliphatic heterocycles. The second-order valence-corrected chi connectivity index (χ2v) is 3.35. The predicted octanol–water partition coefficient (Wildman–Crippen LogP) is 0.997. The van der Waals surface area contributed by atoms with Crippen molar-refractivity contribution in [2.24, 2.45) is 0 Å². The smallest absolute Gasteiger partial charge is 0.248 e. The molecule has 1 aromatic carbocycles. The van der Waals surface area contributed by atoms with Crippen LogP contribution in [0.15, 0.2) is 24.3 Å². The Morgan fingerprint density at radius 2 is 2.00 bits per heavy atom. The van der Waals surface area contributed by atoms with Crippen LogP contribution < -0.4 is 0 Å². The molecule has 0 saturated carbocycles. The molecule has 0 fully saturated rings. The van der Waals surface area contributed by atoms with Gasteiger partial charge in [0.2, 0.25) is 5.91 Å². The summed E-state index contributed by atoms with van der Waals surface area (Å²) in [6, 6.07) is 6.77. The van der Waals surface area contributed by atoms with Gasteiger partial charge in [-0.1, -0.05) is 12.1 Å². The molecular weight excluding hydrogens is 194 g/mol. The van der Waals surface area contributed by atoms with E-state index >= 15 is 0 Å². The van der Waals surface area contributed by atoms with E-state index in [1.807, 2.05) is 0 Å². The fourth-order valence-electron chi connectivity index (χ4n) is 1.20. The molecule has 0 bridgehead atoms. The maximum absolute atomic E-state index is 11.4. The Balaban J connectivity index is 2.54. The molecule has 1 N–H and O–H groups in total. The Labute approximate surface area is 89.1 Å².